The number of hydrogen-bond donors (Lipinski definition) is 1. The van der Waals surface area contributed by atoms with E-state index in [4.69, 9.17) is 21.4 Å². The molecule has 21 heavy (non-hydrogen) atoms. The molecule has 0 amide bonds. The van der Waals surface area contributed by atoms with Crippen molar-refractivity contribution in [3.63, 3.8) is 0 Å². The quantitative estimate of drug-likeness (QED) is 0.683. The summed E-state index contributed by atoms with van der Waals surface area (Å²) in [5, 5.41) is 19.4. The third-order valence-corrected chi connectivity index (χ3v) is 2.85. The van der Waals surface area contributed by atoms with E-state index in [0.717, 1.165) is 18.2 Å². The van der Waals surface area contributed by atoms with Crippen LogP contribution in [0.5, 0.6) is 11.5 Å². The molecule has 0 saturated heterocycles. The number of nitro benzene ring substituents is 1. The summed E-state index contributed by atoms with van der Waals surface area (Å²) in [6, 6.07) is 6.66. The zero-order valence-electron chi connectivity index (χ0n) is 10.2. The summed E-state index contributed by atoms with van der Waals surface area (Å²) in [6.45, 7) is 0. The molecule has 0 heterocycles. The Kier molecular flexibility index (Phi) is 4.04. The number of hydrogen-bond acceptors (Lipinski definition) is 4. The monoisotopic (exact) mass is 311 g/mol. The molecule has 2 aromatic rings. The first-order chi connectivity index (χ1) is 9.88. The SMILES string of the molecule is O=C(O)c1cc(Oc2ccc([N+](=O)[O-])cc2F)ccc1Cl. The van der Waals surface area contributed by atoms with Gasteiger partial charge in [0.25, 0.3) is 5.69 Å². The van der Waals surface area contributed by atoms with Crippen LogP contribution >= 0.6 is 11.6 Å². The molecule has 0 aliphatic carbocycles. The van der Waals surface area contributed by atoms with E-state index in [1.54, 1.807) is 0 Å². The molecule has 6 nitrogen and oxygen atoms in total. The van der Waals surface area contributed by atoms with E-state index in [1.807, 2.05) is 0 Å². The molecule has 0 unspecified atom stereocenters. The van der Waals surface area contributed by atoms with Crippen molar-refractivity contribution >= 4 is 23.3 Å². The van der Waals surface area contributed by atoms with Gasteiger partial charge in [-0.05, 0) is 24.3 Å². The lowest BCUT2D eigenvalue weighted by Crippen LogP contribution is -1.98. The Hall–Kier alpha value is -2.67. The van der Waals surface area contributed by atoms with Crippen LogP contribution in [0.15, 0.2) is 36.4 Å². The molecule has 0 radical (unpaired) electrons. The number of nitro groups is 1. The Morgan fingerprint density at radius 3 is 2.57 bits per heavy atom. The standard InChI is InChI=1S/C13H7ClFNO5/c14-10-3-2-8(6-9(10)13(17)18)21-12-4-1-7(16(19)20)5-11(12)15/h1-6H,(H,17,18). The van der Waals surface area contributed by atoms with Crippen LogP contribution in [0.25, 0.3) is 0 Å². The first-order valence-electron chi connectivity index (χ1n) is 5.53. The number of carboxylic acids is 1. The van der Waals surface area contributed by atoms with Crippen molar-refractivity contribution in [2.75, 3.05) is 0 Å². The van der Waals surface area contributed by atoms with Crippen molar-refractivity contribution in [1.82, 2.24) is 0 Å². The Morgan fingerprint density at radius 2 is 2.00 bits per heavy atom. The minimum absolute atomic E-state index is 0.0130. The normalized spacial score (nSPS) is 10.2. The van der Waals surface area contributed by atoms with E-state index in [2.05, 4.69) is 0 Å². The smallest absolute Gasteiger partial charge is 0.337 e. The van der Waals surface area contributed by atoms with E-state index in [1.165, 1.54) is 12.1 Å². The average Bonchev–Trinajstić information content (AvgIpc) is 2.42. The second-order valence-corrected chi connectivity index (χ2v) is 4.33. The molecule has 0 spiro atoms. The molecule has 0 aliphatic heterocycles. The van der Waals surface area contributed by atoms with Crippen LogP contribution in [0, 0.1) is 15.9 Å². The minimum Gasteiger partial charge on any atom is -0.478 e. The highest BCUT2D eigenvalue weighted by molar-refractivity contribution is 6.33. The summed E-state index contributed by atoms with van der Waals surface area (Å²) in [5.41, 5.74) is -0.612. The Morgan fingerprint density at radius 1 is 1.29 bits per heavy atom. The summed E-state index contributed by atoms with van der Waals surface area (Å²) in [7, 11) is 0. The largest absolute Gasteiger partial charge is 0.478 e. The highest BCUT2D eigenvalue weighted by Crippen LogP contribution is 2.29. The summed E-state index contributed by atoms with van der Waals surface area (Å²) >= 11 is 5.70. The summed E-state index contributed by atoms with van der Waals surface area (Å²) in [4.78, 5) is 20.7. The van der Waals surface area contributed by atoms with Gasteiger partial charge >= 0.3 is 5.97 Å². The molecule has 0 aromatic heterocycles. The van der Waals surface area contributed by atoms with Crippen molar-refractivity contribution in [3.05, 3.63) is 62.9 Å². The lowest BCUT2D eigenvalue weighted by atomic mass is 10.2. The fourth-order valence-electron chi connectivity index (χ4n) is 1.54. The van der Waals surface area contributed by atoms with Gasteiger partial charge in [0, 0.05) is 6.07 Å². The maximum Gasteiger partial charge on any atom is 0.337 e. The van der Waals surface area contributed by atoms with E-state index in [-0.39, 0.29) is 22.1 Å². The summed E-state index contributed by atoms with van der Waals surface area (Å²) in [5.74, 6) is -2.41. The number of carbonyl (C=O) groups is 1. The molecule has 2 aromatic carbocycles. The van der Waals surface area contributed by atoms with Crippen molar-refractivity contribution in [2.45, 2.75) is 0 Å². The van der Waals surface area contributed by atoms with Gasteiger partial charge in [-0.25, -0.2) is 9.18 Å². The summed E-state index contributed by atoms with van der Waals surface area (Å²) < 4.78 is 18.8. The molecule has 1 N–H and O–H groups in total. The van der Waals surface area contributed by atoms with E-state index >= 15 is 0 Å². The van der Waals surface area contributed by atoms with Gasteiger partial charge in [0.1, 0.15) is 5.75 Å². The van der Waals surface area contributed by atoms with Crippen molar-refractivity contribution in [1.29, 1.82) is 0 Å². The molecular formula is C13H7ClFNO5. The average molecular weight is 312 g/mol. The van der Waals surface area contributed by atoms with Crippen molar-refractivity contribution in [3.8, 4) is 11.5 Å². The maximum atomic E-state index is 13.7. The number of rotatable bonds is 4. The van der Waals surface area contributed by atoms with Crippen molar-refractivity contribution < 1.29 is 24.0 Å². The van der Waals surface area contributed by atoms with Crippen LogP contribution in [0.4, 0.5) is 10.1 Å². The van der Waals surface area contributed by atoms with Gasteiger partial charge in [-0.1, -0.05) is 11.6 Å². The van der Waals surface area contributed by atoms with E-state index in [9.17, 15) is 19.3 Å². The summed E-state index contributed by atoms with van der Waals surface area (Å²) in [6.07, 6.45) is 0. The Balaban J connectivity index is 2.32. The molecule has 0 bridgehead atoms. The predicted molar refractivity (Wildman–Crippen MR) is 71.5 cm³/mol. The van der Waals surface area contributed by atoms with Gasteiger partial charge < -0.3 is 9.84 Å². The van der Waals surface area contributed by atoms with Crippen molar-refractivity contribution in [2.24, 2.45) is 0 Å². The van der Waals surface area contributed by atoms with Gasteiger partial charge in [0.2, 0.25) is 0 Å². The number of benzene rings is 2. The zero-order valence-corrected chi connectivity index (χ0v) is 11.0. The molecular weight excluding hydrogens is 305 g/mol. The Labute approximate surface area is 122 Å². The topological polar surface area (TPSA) is 89.7 Å². The number of carboxylic acid groups (broad SMARTS) is 1. The third kappa shape index (κ3) is 3.26. The van der Waals surface area contributed by atoms with Gasteiger partial charge in [-0.3, -0.25) is 10.1 Å². The van der Waals surface area contributed by atoms with Gasteiger partial charge in [0.05, 0.1) is 21.6 Å². The minimum atomic E-state index is -1.25. The highest BCUT2D eigenvalue weighted by atomic mass is 35.5. The van der Waals surface area contributed by atoms with Gasteiger partial charge in [-0.15, -0.1) is 0 Å². The van der Waals surface area contributed by atoms with Gasteiger partial charge in [0.15, 0.2) is 11.6 Å². The molecule has 0 atom stereocenters. The first kappa shape index (κ1) is 14.7. The molecule has 8 heteroatoms. The number of ether oxygens (including phenoxy) is 1. The first-order valence-corrected chi connectivity index (χ1v) is 5.91. The fraction of sp³-hybridized carbons (Fsp3) is 0. The van der Waals surface area contributed by atoms with Gasteiger partial charge in [-0.2, -0.15) is 0 Å². The van der Waals surface area contributed by atoms with Crippen LogP contribution in [-0.4, -0.2) is 16.0 Å². The number of aromatic carboxylic acids is 1. The van der Waals surface area contributed by atoms with Crippen LogP contribution in [0.3, 0.4) is 0 Å². The lowest BCUT2D eigenvalue weighted by Gasteiger charge is -2.08. The second kappa shape index (κ2) is 5.76. The lowest BCUT2D eigenvalue weighted by molar-refractivity contribution is -0.385. The fourth-order valence-corrected chi connectivity index (χ4v) is 1.74. The predicted octanol–water partition coefficient (Wildman–Crippen LogP) is 3.88. The Bertz CT molecular complexity index is 734. The van der Waals surface area contributed by atoms with Crippen LogP contribution in [0.2, 0.25) is 5.02 Å². The molecule has 0 aliphatic rings. The molecule has 2 rings (SSSR count). The van der Waals surface area contributed by atoms with E-state index in [0.29, 0.717) is 6.07 Å². The highest BCUT2D eigenvalue weighted by Gasteiger charge is 2.14. The van der Waals surface area contributed by atoms with E-state index < -0.39 is 22.4 Å². The van der Waals surface area contributed by atoms with Crippen LogP contribution in [0.1, 0.15) is 10.4 Å². The third-order valence-electron chi connectivity index (χ3n) is 2.52. The number of halogens is 2. The van der Waals surface area contributed by atoms with Crippen LogP contribution < -0.4 is 4.74 Å². The molecule has 0 saturated carbocycles. The molecule has 0 fully saturated rings. The number of nitrogens with zero attached hydrogens (tertiary/aromatic N) is 1. The van der Waals surface area contributed by atoms with Crippen LogP contribution in [-0.2, 0) is 0 Å². The molecule has 108 valence electrons. The zero-order chi connectivity index (χ0) is 15.6. The maximum absolute atomic E-state index is 13.7. The second-order valence-electron chi connectivity index (χ2n) is 3.92. The number of non-ortho nitro benzene ring substituents is 1.